The van der Waals surface area contributed by atoms with E-state index in [0.29, 0.717) is 22.9 Å². The van der Waals surface area contributed by atoms with Crippen LogP contribution in [0.15, 0.2) is 58.7 Å². The van der Waals surface area contributed by atoms with Crippen LogP contribution in [0, 0.1) is 15.9 Å². The first-order valence-electron chi connectivity index (χ1n) is 8.01. The minimum absolute atomic E-state index is 0.00989. The predicted molar refractivity (Wildman–Crippen MR) is 102 cm³/mol. The topological polar surface area (TPSA) is 97.0 Å². The number of thioether (sulfide) groups is 1. The van der Waals surface area contributed by atoms with Gasteiger partial charge in [-0.25, -0.2) is 4.39 Å². The Hall–Kier alpha value is -3.07. The first kappa shape index (κ1) is 18.7. The maximum absolute atomic E-state index is 13.0. The molecule has 0 unspecified atom stereocenters. The Bertz CT molecular complexity index is 944. The van der Waals surface area contributed by atoms with E-state index in [1.165, 1.54) is 36.0 Å². The molecule has 1 heterocycles. The number of carbonyl (C=O) groups excluding carboxylic acids is 1. The van der Waals surface area contributed by atoms with E-state index in [1.54, 1.807) is 31.2 Å². The van der Waals surface area contributed by atoms with Crippen molar-refractivity contribution in [2.75, 3.05) is 0 Å². The number of carbonyl (C=O) groups is 1. The monoisotopic (exact) mass is 386 g/mol. The van der Waals surface area contributed by atoms with Gasteiger partial charge in [0.25, 0.3) is 5.69 Å². The molecule has 1 saturated heterocycles. The molecule has 1 N–H and O–H groups in total. The molecule has 2 aromatic carbocycles. The van der Waals surface area contributed by atoms with Gasteiger partial charge in [0, 0.05) is 12.1 Å². The van der Waals surface area contributed by atoms with Crippen molar-refractivity contribution in [1.29, 1.82) is 0 Å². The van der Waals surface area contributed by atoms with E-state index in [0.717, 1.165) is 5.56 Å². The zero-order valence-corrected chi connectivity index (χ0v) is 15.1. The number of nitrogens with zero attached hydrogens (tertiary/aromatic N) is 3. The van der Waals surface area contributed by atoms with Crippen LogP contribution in [0.1, 0.15) is 18.1 Å². The van der Waals surface area contributed by atoms with E-state index < -0.39 is 10.2 Å². The Balaban J connectivity index is 1.68. The van der Waals surface area contributed by atoms with Gasteiger partial charge in [-0.1, -0.05) is 36.0 Å². The lowest BCUT2D eigenvalue weighted by Gasteiger charge is -2.04. The van der Waals surface area contributed by atoms with Gasteiger partial charge in [0.1, 0.15) is 5.82 Å². The van der Waals surface area contributed by atoms with E-state index in [9.17, 15) is 19.3 Å². The van der Waals surface area contributed by atoms with E-state index in [2.05, 4.69) is 15.5 Å². The summed E-state index contributed by atoms with van der Waals surface area (Å²) in [6.45, 7) is 1.74. The number of amides is 1. The van der Waals surface area contributed by atoms with Crippen molar-refractivity contribution < 1.29 is 14.1 Å². The summed E-state index contributed by atoms with van der Waals surface area (Å²) >= 11 is 1.22. The van der Waals surface area contributed by atoms with Crippen molar-refractivity contribution in [3.05, 3.63) is 75.6 Å². The summed E-state index contributed by atoms with van der Waals surface area (Å²) in [6, 6.07) is 12.1. The highest BCUT2D eigenvalue weighted by Crippen LogP contribution is 2.25. The second-order valence-electron chi connectivity index (χ2n) is 5.82. The normalized spacial score (nSPS) is 18.6. The third-order valence-electron chi connectivity index (χ3n) is 3.87. The van der Waals surface area contributed by atoms with Crippen molar-refractivity contribution in [3.8, 4) is 0 Å². The number of nitrogens with one attached hydrogen (secondary N) is 1. The molecule has 9 heteroatoms. The third kappa shape index (κ3) is 4.76. The third-order valence-corrected chi connectivity index (χ3v) is 4.94. The van der Waals surface area contributed by atoms with Crippen molar-refractivity contribution >= 4 is 34.2 Å². The van der Waals surface area contributed by atoms with Gasteiger partial charge in [0.05, 0.1) is 15.9 Å². The van der Waals surface area contributed by atoms with Crippen LogP contribution in [0.2, 0.25) is 0 Å². The van der Waals surface area contributed by atoms with Gasteiger partial charge in [-0.2, -0.15) is 5.10 Å². The quantitative estimate of drug-likeness (QED) is 0.484. The molecular formula is C18H15FN4O3S. The summed E-state index contributed by atoms with van der Waals surface area (Å²) in [7, 11) is 0. The van der Waals surface area contributed by atoms with Crippen LogP contribution < -0.4 is 5.32 Å². The lowest BCUT2D eigenvalue weighted by Crippen LogP contribution is -2.26. The Morgan fingerprint density at radius 1 is 1.30 bits per heavy atom. The van der Waals surface area contributed by atoms with Crippen molar-refractivity contribution in [1.82, 2.24) is 5.32 Å². The number of rotatable bonds is 5. The van der Waals surface area contributed by atoms with Gasteiger partial charge in [0.15, 0.2) is 5.17 Å². The summed E-state index contributed by atoms with van der Waals surface area (Å²) in [5, 5.41) is 21.5. The first-order chi connectivity index (χ1) is 12.9. The fourth-order valence-corrected chi connectivity index (χ4v) is 3.43. The van der Waals surface area contributed by atoms with Gasteiger partial charge in [-0.05, 0) is 36.6 Å². The number of halogens is 1. The molecule has 138 valence electrons. The molecule has 7 nitrogen and oxygen atoms in total. The Labute approximate surface area is 158 Å². The maximum Gasteiger partial charge on any atom is 0.269 e. The number of non-ortho nitro benzene ring substituents is 1. The summed E-state index contributed by atoms with van der Waals surface area (Å²) in [4.78, 5) is 22.5. The van der Waals surface area contributed by atoms with Gasteiger partial charge in [-0.3, -0.25) is 14.9 Å². The van der Waals surface area contributed by atoms with Crippen LogP contribution in [0.3, 0.4) is 0 Å². The highest BCUT2D eigenvalue weighted by Gasteiger charge is 2.30. The van der Waals surface area contributed by atoms with E-state index in [-0.39, 0.29) is 17.4 Å². The minimum Gasteiger partial charge on any atom is -0.303 e. The number of nitro benzene ring substituents is 1. The number of hydrogen-bond acceptors (Lipinski definition) is 6. The Kier molecular flexibility index (Phi) is 5.60. The second kappa shape index (κ2) is 8.09. The standard InChI is InChI=1S/C18H15FN4O3S/c1-11(13-5-7-14(19)8-6-13)21-22-18-20-17(24)16(27-18)10-12-3-2-4-15(9-12)23(25)26/h2-9,16H,10H2,1H3,(H,20,22,24)/t16-/m1/s1. The first-order valence-corrected chi connectivity index (χ1v) is 8.89. The number of nitro groups is 1. The van der Waals surface area contributed by atoms with Crippen LogP contribution in [-0.2, 0) is 11.2 Å². The Morgan fingerprint density at radius 3 is 2.74 bits per heavy atom. The van der Waals surface area contributed by atoms with Crippen LogP contribution in [-0.4, -0.2) is 27.0 Å². The highest BCUT2D eigenvalue weighted by atomic mass is 32.2. The molecule has 0 spiro atoms. The molecule has 2 aromatic rings. The van der Waals surface area contributed by atoms with E-state index in [1.807, 2.05) is 0 Å². The zero-order valence-electron chi connectivity index (χ0n) is 14.3. The molecule has 27 heavy (non-hydrogen) atoms. The van der Waals surface area contributed by atoms with Crippen molar-refractivity contribution in [2.24, 2.45) is 10.2 Å². The van der Waals surface area contributed by atoms with E-state index >= 15 is 0 Å². The summed E-state index contributed by atoms with van der Waals surface area (Å²) < 4.78 is 13.0. The summed E-state index contributed by atoms with van der Waals surface area (Å²) in [5.74, 6) is -0.555. The molecule has 0 saturated carbocycles. The molecular weight excluding hydrogens is 371 g/mol. The van der Waals surface area contributed by atoms with Crippen LogP contribution in [0.4, 0.5) is 10.1 Å². The summed E-state index contributed by atoms with van der Waals surface area (Å²) in [5.41, 5.74) is 2.00. The van der Waals surface area contributed by atoms with Crippen molar-refractivity contribution in [3.63, 3.8) is 0 Å². The van der Waals surface area contributed by atoms with Gasteiger partial charge in [0.2, 0.25) is 5.91 Å². The van der Waals surface area contributed by atoms with Crippen LogP contribution >= 0.6 is 11.8 Å². The van der Waals surface area contributed by atoms with Crippen molar-refractivity contribution in [2.45, 2.75) is 18.6 Å². The minimum atomic E-state index is -0.467. The molecule has 1 atom stereocenters. The molecule has 1 fully saturated rings. The average Bonchev–Trinajstić information content (AvgIpc) is 3.00. The number of hydrogen-bond donors (Lipinski definition) is 1. The maximum atomic E-state index is 13.0. The van der Waals surface area contributed by atoms with Gasteiger partial charge >= 0.3 is 0 Å². The van der Waals surface area contributed by atoms with Crippen LogP contribution in [0.25, 0.3) is 0 Å². The molecule has 0 aliphatic carbocycles. The second-order valence-corrected chi connectivity index (χ2v) is 7.02. The zero-order chi connectivity index (χ0) is 19.4. The molecule has 0 aromatic heterocycles. The largest absolute Gasteiger partial charge is 0.303 e. The van der Waals surface area contributed by atoms with Gasteiger partial charge in [-0.15, -0.1) is 5.10 Å². The van der Waals surface area contributed by atoms with Gasteiger partial charge < -0.3 is 5.32 Å². The summed E-state index contributed by atoms with van der Waals surface area (Å²) in [6.07, 6.45) is 0.345. The fourth-order valence-electron chi connectivity index (χ4n) is 2.47. The Morgan fingerprint density at radius 2 is 2.04 bits per heavy atom. The molecule has 1 amide bonds. The fraction of sp³-hybridized carbons (Fsp3) is 0.167. The average molecular weight is 386 g/mol. The predicted octanol–water partition coefficient (Wildman–Crippen LogP) is 3.29. The van der Waals surface area contributed by atoms with E-state index in [4.69, 9.17) is 0 Å². The number of benzene rings is 2. The van der Waals surface area contributed by atoms with Crippen LogP contribution in [0.5, 0.6) is 0 Å². The lowest BCUT2D eigenvalue weighted by atomic mass is 10.1. The molecule has 0 radical (unpaired) electrons. The molecule has 1 aliphatic heterocycles. The SMILES string of the molecule is CC(=N/N=C1\NC(=O)[C@@H](Cc2cccc([N+](=O)[O-])c2)S1)c1ccc(F)cc1. The smallest absolute Gasteiger partial charge is 0.269 e. The number of amidine groups is 1. The molecule has 3 rings (SSSR count). The molecule has 1 aliphatic rings. The lowest BCUT2D eigenvalue weighted by molar-refractivity contribution is -0.384. The molecule has 0 bridgehead atoms. The highest BCUT2D eigenvalue weighted by molar-refractivity contribution is 8.15.